The van der Waals surface area contributed by atoms with Gasteiger partial charge in [0.05, 0.1) is 10.5 Å². The molecule has 0 radical (unpaired) electrons. The van der Waals surface area contributed by atoms with Crippen LogP contribution in [0.25, 0.3) is 10.9 Å². The molecule has 0 unspecified atom stereocenters. The topological polar surface area (TPSA) is 25.8 Å². The Morgan fingerprint density at radius 3 is 2.75 bits per heavy atom. The van der Waals surface area contributed by atoms with Crippen LogP contribution in [0.15, 0.2) is 28.9 Å². The van der Waals surface area contributed by atoms with E-state index < -0.39 is 0 Å². The molecule has 0 bridgehead atoms. The molecule has 0 atom stereocenters. The summed E-state index contributed by atoms with van der Waals surface area (Å²) in [5.74, 6) is 0. The van der Waals surface area contributed by atoms with Crippen molar-refractivity contribution in [1.82, 2.24) is 10.2 Å². The van der Waals surface area contributed by atoms with Gasteiger partial charge in [-0.15, -0.1) is 10.2 Å². The number of hydrogen-bond acceptors (Lipinski definition) is 2. The van der Waals surface area contributed by atoms with Gasteiger partial charge in [-0.2, -0.15) is 0 Å². The molecule has 0 saturated heterocycles. The normalized spacial score (nSPS) is 10.5. The number of hydrogen-bond donors (Lipinski definition) is 0. The smallest absolute Gasteiger partial charge is 0.148 e. The molecule has 0 amide bonds. The van der Waals surface area contributed by atoms with E-state index in [1.165, 1.54) is 0 Å². The molecular weight excluding hydrogens is 239 g/mol. The first-order chi connectivity index (χ1) is 5.79. The zero-order valence-corrected chi connectivity index (χ0v) is 8.30. The summed E-state index contributed by atoms with van der Waals surface area (Å²) in [6, 6.07) is 7.61. The van der Waals surface area contributed by atoms with Crippen LogP contribution in [0.3, 0.4) is 0 Å². The SMILES string of the molecule is Clc1c(Br)nnc2ccccc12. The molecule has 1 aromatic heterocycles. The Labute approximate surface area is 82.7 Å². The van der Waals surface area contributed by atoms with Gasteiger partial charge >= 0.3 is 0 Å². The maximum Gasteiger partial charge on any atom is 0.148 e. The molecule has 0 aliphatic rings. The van der Waals surface area contributed by atoms with Crippen molar-refractivity contribution in [3.05, 3.63) is 33.9 Å². The first kappa shape index (κ1) is 7.95. The monoisotopic (exact) mass is 242 g/mol. The van der Waals surface area contributed by atoms with Gasteiger partial charge in [-0.3, -0.25) is 0 Å². The van der Waals surface area contributed by atoms with Crippen LogP contribution in [0.5, 0.6) is 0 Å². The van der Waals surface area contributed by atoms with Gasteiger partial charge in [-0.25, -0.2) is 0 Å². The molecule has 0 spiro atoms. The van der Waals surface area contributed by atoms with Crippen molar-refractivity contribution in [2.45, 2.75) is 0 Å². The number of halogens is 2. The summed E-state index contributed by atoms with van der Waals surface area (Å²) < 4.78 is 0.586. The van der Waals surface area contributed by atoms with E-state index >= 15 is 0 Å². The van der Waals surface area contributed by atoms with Gasteiger partial charge < -0.3 is 0 Å². The van der Waals surface area contributed by atoms with Crippen molar-refractivity contribution in [3.63, 3.8) is 0 Å². The number of nitrogens with zero attached hydrogens (tertiary/aromatic N) is 2. The molecule has 2 rings (SSSR count). The van der Waals surface area contributed by atoms with Crippen LogP contribution in [-0.2, 0) is 0 Å². The maximum absolute atomic E-state index is 5.98. The maximum atomic E-state index is 5.98. The van der Waals surface area contributed by atoms with E-state index in [0.29, 0.717) is 9.63 Å². The number of benzene rings is 1. The molecule has 2 aromatic rings. The van der Waals surface area contributed by atoms with E-state index in [9.17, 15) is 0 Å². The van der Waals surface area contributed by atoms with Gasteiger partial charge in [0.1, 0.15) is 4.60 Å². The lowest BCUT2D eigenvalue weighted by atomic mass is 10.2. The number of aromatic nitrogens is 2. The molecule has 0 N–H and O–H groups in total. The summed E-state index contributed by atoms with van der Waals surface area (Å²) in [6.45, 7) is 0. The van der Waals surface area contributed by atoms with Crippen molar-refractivity contribution in [1.29, 1.82) is 0 Å². The zero-order chi connectivity index (χ0) is 8.55. The molecule has 4 heteroatoms. The van der Waals surface area contributed by atoms with Crippen LogP contribution in [-0.4, -0.2) is 10.2 Å². The summed E-state index contributed by atoms with van der Waals surface area (Å²) in [4.78, 5) is 0. The van der Waals surface area contributed by atoms with E-state index in [4.69, 9.17) is 11.6 Å². The number of rotatable bonds is 0. The lowest BCUT2D eigenvalue weighted by molar-refractivity contribution is 1.05. The summed E-state index contributed by atoms with van der Waals surface area (Å²) in [6.07, 6.45) is 0. The largest absolute Gasteiger partial charge is 0.149 e. The van der Waals surface area contributed by atoms with Crippen LogP contribution < -0.4 is 0 Å². The van der Waals surface area contributed by atoms with Gasteiger partial charge in [0.25, 0.3) is 0 Å². The molecule has 60 valence electrons. The van der Waals surface area contributed by atoms with E-state index in [2.05, 4.69) is 26.1 Å². The lowest BCUT2D eigenvalue weighted by Crippen LogP contribution is -1.85. The van der Waals surface area contributed by atoms with Crippen LogP contribution in [0.2, 0.25) is 5.02 Å². The Kier molecular flexibility index (Phi) is 1.98. The Hall–Kier alpha value is -0.670. The summed E-state index contributed by atoms with van der Waals surface area (Å²) >= 11 is 9.19. The van der Waals surface area contributed by atoms with Crippen LogP contribution in [0.4, 0.5) is 0 Å². The molecule has 0 fully saturated rings. The Bertz CT molecular complexity index is 430. The Morgan fingerprint density at radius 2 is 1.92 bits per heavy atom. The highest BCUT2D eigenvalue weighted by atomic mass is 79.9. The van der Waals surface area contributed by atoms with Gasteiger partial charge in [0.15, 0.2) is 0 Å². The van der Waals surface area contributed by atoms with Crippen molar-refractivity contribution in [2.24, 2.45) is 0 Å². The number of fused-ring (bicyclic) bond motifs is 1. The zero-order valence-electron chi connectivity index (χ0n) is 5.96. The van der Waals surface area contributed by atoms with Gasteiger partial charge in [0, 0.05) is 5.39 Å². The van der Waals surface area contributed by atoms with Crippen molar-refractivity contribution in [2.75, 3.05) is 0 Å². The second-order valence-corrected chi connectivity index (χ2v) is 3.45. The summed E-state index contributed by atoms with van der Waals surface area (Å²) in [5, 5.41) is 9.33. The third-order valence-electron chi connectivity index (χ3n) is 1.57. The molecule has 1 aromatic carbocycles. The van der Waals surface area contributed by atoms with Crippen molar-refractivity contribution < 1.29 is 0 Å². The minimum atomic E-state index is 0.586. The van der Waals surface area contributed by atoms with Crippen LogP contribution >= 0.6 is 27.5 Å². The van der Waals surface area contributed by atoms with Crippen molar-refractivity contribution in [3.8, 4) is 0 Å². The van der Waals surface area contributed by atoms with E-state index in [1.807, 2.05) is 24.3 Å². The Balaban J connectivity index is 2.91. The minimum Gasteiger partial charge on any atom is -0.149 e. The predicted octanol–water partition coefficient (Wildman–Crippen LogP) is 3.05. The predicted molar refractivity (Wildman–Crippen MR) is 52.2 cm³/mol. The first-order valence-corrected chi connectivity index (χ1v) is 4.52. The molecule has 1 heterocycles. The standard InChI is InChI=1S/C8H4BrClN2/c9-8-7(10)5-3-1-2-4-6(5)11-12-8/h1-4H. The lowest BCUT2D eigenvalue weighted by Gasteiger charge is -1.98. The van der Waals surface area contributed by atoms with Crippen LogP contribution in [0.1, 0.15) is 0 Å². The highest BCUT2D eigenvalue weighted by Gasteiger charge is 2.03. The highest BCUT2D eigenvalue weighted by Crippen LogP contribution is 2.26. The fraction of sp³-hybridized carbons (Fsp3) is 0. The first-order valence-electron chi connectivity index (χ1n) is 3.35. The average Bonchev–Trinajstić information content (AvgIpc) is 2.12. The fourth-order valence-corrected chi connectivity index (χ4v) is 1.49. The highest BCUT2D eigenvalue weighted by molar-refractivity contribution is 9.10. The van der Waals surface area contributed by atoms with Gasteiger partial charge in [0.2, 0.25) is 0 Å². The van der Waals surface area contributed by atoms with Gasteiger partial charge in [-0.1, -0.05) is 29.8 Å². The average molecular weight is 243 g/mol. The van der Waals surface area contributed by atoms with E-state index in [0.717, 1.165) is 10.9 Å². The van der Waals surface area contributed by atoms with Gasteiger partial charge in [-0.05, 0) is 22.0 Å². The third kappa shape index (κ3) is 1.19. The third-order valence-corrected chi connectivity index (χ3v) is 2.73. The van der Waals surface area contributed by atoms with Crippen molar-refractivity contribution >= 4 is 38.4 Å². The van der Waals surface area contributed by atoms with E-state index in [-0.39, 0.29) is 0 Å². The molecule has 0 aliphatic carbocycles. The fourth-order valence-electron chi connectivity index (χ4n) is 0.999. The second-order valence-electron chi connectivity index (χ2n) is 2.32. The second kappa shape index (κ2) is 2.99. The molecule has 12 heavy (non-hydrogen) atoms. The molecule has 0 aliphatic heterocycles. The van der Waals surface area contributed by atoms with Crippen LogP contribution in [0, 0.1) is 0 Å². The quantitative estimate of drug-likeness (QED) is 0.711. The molecule has 2 nitrogen and oxygen atoms in total. The Morgan fingerprint density at radius 1 is 1.17 bits per heavy atom. The molecular formula is C8H4BrClN2. The summed E-state index contributed by atoms with van der Waals surface area (Å²) in [7, 11) is 0. The minimum absolute atomic E-state index is 0.586. The summed E-state index contributed by atoms with van der Waals surface area (Å²) in [5.41, 5.74) is 0.811. The van der Waals surface area contributed by atoms with E-state index in [1.54, 1.807) is 0 Å². The molecule has 0 saturated carbocycles.